The van der Waals surface area contributed by atoms with Crippen LogP contribution in [0.1, 0.15) is 38.3 Å². The van der Waals surface area contributed by atoms with E-state index in [-0.39, 0.29) is 6.04 Å². The Bertz CT molecular complexity index is 421. The van der Waals surface area contributed by atoms with Gasteiger partial charge >= 0.3 is 5.97 Å². The lowest BCUT2D eigenvalue weighted by Crippen LogP contribution is -2.27. The highest BCUT2D eigenvalue weighted by atomic mass is 35.5. The lowest BCUT2D eigenvalue weighted by atomic mass is 10.1. The summed E-state index contributed by atoms with van der Waals surface area (Å²) in [7, 11) is 0. The van der Waals surface area contributed by atoms with Crippen LogP contribution in [0.5, 0.6) is 5.75 Å². The van der Waals surface area contributed by atoms with Crippen LogP contribution >= 0.6 is 11.6 Å². The molecular weight excluding hydrogens is 254 g/mol. The van der Waals surface area contributed by atoms with Gasteiger partial charge in [-0.05, 0) is 31.5 Å². The van der Waals surface area contributed by atoms with Gasteiger partial charge in [-0.2, -0.15) is 0 Å². The minimum Gasteiger partial charge on any atom is -0.479 e. The number of halogens is 1. The number of carboxylic acid groups (broad SMARTS) is 1. The maximum atomic E-state index is 11.1. The molecule has 0 bridgehead atoms. The molecule has 0 saturated carbocycles. The van der Waals surface area contributed by atoms with Crippen LogP contribution in [0.2, 0.25) is 5.02 Å². The largest absolute Gasteiger partial charge is 0.479 e. The Kier molecular flexibility index (Phi) is 5.44. The number of hydrogen-bond acceptors (Lipinski definition) is 3. The minimum atomic E-state index is -0.970. The minimum absolute atomic E-state index is 0.269. The van der Waals surface area contributed by atoms with Crippen molar-refractivity contribution in [1.29, 1.82) is 0 Å². The van der Waals surface area contributed by atoms with Gasteiger partial charge in [-0.25, -0.2) is 4.79 Å². The molecule has 5 heteroatoms. The predicted octanol–water partition coefficient (Wildman–Crippen LogP) is 2.99. The van der Waals surface area contributed by atoms with Gasteiger partial charge in [0.1, 0.15) is 5.75 Å². The van der Waals surface area contributed by atoms with Crippen molar-refractivity contribution < 1.29 is 14.6 Å². The normalized spacial score (nSPS) is 14.0. The highest BCUT2D eigenvalue weighted by molar-refractivity contribution is 6.30. The van der Waals surface area contributed by atoms with Crippen molar-refractivity contribution in [1.82, 2.24) is 0 Å². The molecule has 1 aromatic rings. The van der Waals surface area contributed by atoms with Crippen LogP contribution in [0.25, 0.3) is 0 Å². The summed E-state index contributed by atoms with van der Waals surface area (Å²) in [6, 6.07) is 4.75. The lowest BCUT2D eigenvalue weighted by molar-refractivity contribution is -0.145. The molecule has 2 atom stereocenters. The molecular formula is C13H18ClNO3. The highest BCUT2D eigenvalue weighted by Crippen LogP contribution is 2.28. The van der Waals surface area contributed by atoms with Gasteiger partial charge in [-0.1, -0.05) is 24.9 Å². The van der Waals surface area contributed by atoms with Gasteiger partial charge in [0.15, 0.2) is 6.10 Å². The van der Waals surface area contributed by atoms with Gasteiger partial charge in [0.25, 0.3) is 0 Å². The van der Waals surface area contributed by atoms with E-state index in [9.17, 15) is 4.79 Å². The number of nitrogens with two attached hydrogens (primary N) is 1. The first-order valence-electron chi connectivity index (χ1n) is 5.90. The fourth-order valence-corrected chi connectivity index (χ4v) is 1.81. The fourth-order valence-electron chi connectivity index (χ4n) is 1.63. The number of carbonyl (C=O) groups is 1. The van der Waals surface area contributed by atoms with Crippen molar-refractivity contribution >= 4 is 17.6 Å². The molecule has 18 heavy (non-hydrogen) atoms. The number of aliphatic carboxylic acids is 1. The van der Waals surface area contributed by atoms with Crippen LogP contribution in [-0.2, 0) is 4.79 Å². The smallest absolute Gasteiger partial charge is 0.344 e. The molecule has 0 aliphatic rings. The van der Waals surface area contributed by atoms with Gasteiger partial charge in [0.2, 0.25) is 0 Å². The molecule has 0 aliphatic heterocycles. The zero-order valence-corrected chi connectivity index (χ0v) is 11.3. The first kappa shape index (κ1) is 14.8. The van der Waals surface area contributed by atoms with Gasteiger partial charge < -0.3 is 15.6 Å². The SMILES string of the molecule is CCCC(Oc1ccc(Cl)cc1[C@H](C)N)C(=O)O. The zero-order chi connectivity index (χ0) is 13.7. The van der Waals surface area contributed by atoms with Crippen molar-refractivity contribution in [2.24, 2.45) is 5.73 Å². The molecule has 0 saturated heterocycles. The second-order valence-electron chi connectivity index (χ2n) is 4.20. The van der Waals surface area contributed by atoms with Gasteiger partial charge in [0.05, 0.1) is 0 Å². The third kappa shape index (κ3) is 3.89. The second kappa shape index (κ2) is 6.61. The number of ether oxygens (including phenoxy) is 1. The molecule has 0 aliphatic carbocycles. The van der Waals surface area contributed by atoms with E-state index in [1.807, 2.05) is 6.92 Å². The van der Waals surface area contributed by atoms with Gasteiger partial charge in [-0.3, -0.25) is 0 Å². The Morgan fingerprint density at radius 1 is 1.56 bits per heavy atom. The van der Waals surface area contributed by atoms with Crippen molar-refractivity contribution in [2.75, 3.05) is 0 Å². The average Bonchev–Trinajstić information content (AvgIpc) is 2.30. The Morgan fingerprint density at radius 2 is 2.22 bits per heavy atom. The number of carboxylic acids is 1. The quantitative estimate of drug-likeness (QED) is 0.834. The number of rotatable bonds is 6. The van der Waals surface area contributed by atoms with Crippen molar-refractivity contribution in [3.63, 3.8) is 0 Å². The topological polar surface area (TPSA) is 72.5 Å². The predicted molar refractivity (Wildman–Crippen MR) is 71.0 cm³/mol. The van der Waals surface area contributed by atoms with Crippen LogP contribution in [0.4, 0.5) is 0 Å². The molecule has 4 nitrogen and oxygen atoms in total. The monoisotopic (exact) mass is 271 g/mol. The fraction of sp³-hybridized carbons (Fsp3) is 0.462. The van der Waals surface area contributed by atoms with Crippen molar-refractivity contribution in [3.05, 3.63) is 28.8 Å². The van der Waals surface area contributed by atoms with Gasteiger partial charge in [-0.15, -0.1) is 0 Å². The Labute approximate surface area is 112 Å². The van der Waals surface area contributed by atoms with Crippen LogP contribution < -0.4 is 10.5 Å². The maximum absolute atomic E-state index is 11.1. The van der Waals surface area contributed by atoms with Crippen molar-refractivity contribution in [3.8, 4) is 5.75 Å². The summed E-state index contributed by atoms with van der Waals surface area (Å²) >= 11 is 5.89. The summed E-state index contributed by atoms with van der Waals surface area (Å²) in [5.74, 6) is -0.488. The summed E-state index contributed by atoms with van der Waals surface area (Å²) in [5, 5.41) is 9.62. The molecule has 1 unspecified atom stereocenters. The molecule has 0 amide bonds. The second-order valence-corrected chi connectivity index (χ2v) is 4.64. The van der Waals surface area contributed by atoms with Crippen LogP contribution in [0, 0.1) is 0 Å². The molecule has 1 aromatic carbocycles. The van der Waals surface area contributed by atoms with Crippen LogP contribution in [0.15, 0.2) is 18.2 Å². The zero-order valence-electron chi connectivity index (χ0n) is 10.5. The van der Waals surface area contributed by atoms with Crippen LogP contribution in [-0.4, -0.2) is 17.2 Å². The van der Waals surface area contributed by atoms with E-state index in [2.05, 4.69) is 0 Å². The molecule has 0 heterocycles. The van der Waals surface area contributed by atoms with Crippen molar-refractivity contribution in [2.45, 2.75) is 38.8 Å². The lowest BCUT2D eigenvalue weighted by Gasteiger charge is -2.19. The van der Waals surface area contributed by atoms with E-state index in [0.29, 0.717) is 22.8 Å². The molecule has 0 spiro atoms. The summed E-state index contributed by atoms with van der Waals surface area (Å²) < 4.78 is 5.53. The molecule has 0 fully saturated rings. The summed E-state index contributed by atoms with van der Waals surface area (Å²) in [6.07, 6.45) is 0.336. The number of hydrogen-bond donors (Lipinski definition) is 2. The van der Waals surface area contributed by atoms with E-state index in [0.717, 1.165) is 6.42 Å². The Morgan fingerprint density at radius 3 is 2.72 bits per heavy atom. The molecule has 100 valence electrons. The van der Waals surface area contributed by atoms with Gasteiger partial charge in [0, 0.05) is 16.6 Å². The molecule has 0 aromatic heterocycles. The Hall–Kier alpha value is -1.26. The van der Waals surface area contributed by atoms with E-state index >= 15 is 0 Å². The van der Waals surface area contributed by atoms with E-state index in [4.69, 9.17) is 27.2 Å². The molecule has 1 rings (SSSR count). The average molecular weight is 272 g/mol. The van der Waals surface area contributed by atoms with Crippen LogP contribution in [0.3, 0.4) is 0 Å². The first-order valence-corrected chi connectivity index (χ1v) is 6.28. The molecule has 3 N–H and O–H groups in total. The van der Waals surface area contributed by atoms with E-state index in [1.54, 1.807) is 25.1 Å². The standard InChI is InChI=1S/C13H18ClNO3/c1-3-4-12(13(16)17)18-11-6-5-9(14)7-10(11)8(2)15/h5-8,12H,3-4,15H2,1-2H3,(H,16,17)/t8-,12?/m0/s1. The van der Waals surface area contributed by atoms with E-state index < -0.39 is 12.1 Å². The Balaban J connectivity index is 2.98. The third-order valence-electron chi connectivity index (χ3n) is 2.56. The number of benzene rings is 1. The first-order chi connectivity index (χ1) is 8.45. The molecule has 0 radical (unpaired) electrons. The summed E-state index contributed by atoms with van der Waals surface area (Å²) in [5.41, 5.74) is 6.54. The third-order valence-corrected chi connectivity index (χ3v) is 2.79. The summed E-state index contributed by atoms with van der Waals surface area (Å²) in [6.45, 7) is 3.71. The van der Waals surface area contributed by atoms with E-state index in [1.165, 1.54) is 0 Å². The maximum Gasteiger partial charge on any atom is 0.344 e. The summed E-state index contributed by atoms with van der Waals surface area (Å²) in [4.78, 5) is 11.1. The highest BCUT2D eigenvalue weighted by Gasteiger charge is 2.20.